The van der Waals surface area contributed by atoms with Gasteiger partial charge in [-0.1, -0.05) is 12.1 Å². The van der Waals surface area contributed by atoms with E-state index in [-0.39, 0.29) is 23.5 Å². The van der Waals surface area contributed by atoms with E-state index >= 15 is 0 Å². The number of thiazole rings is 1. The van der Waals surface area contributed by atoms with Gasteiger partial charge in [0.15, 0.2) is 0 Å². The van der Waals surface area contributed by atoms with Crippen molar-refractivity contribution < 1.29 is 14.0 Å². The maximum Gasteiger partial charge on any atom is 0.273 e. The Labute approximate surface area is 143 Å². The minimum Gasteiger partial charge on any atom is -0.356 e. The summed E-state index contributed by atoms with van der Waals surface area (Å²) < 4.78 is 13.2. The van der Waals surface area contributed by atoms with E-state index in [1.807, 2.05) is 13.0 Å². The molecule has 0 aliphatic carbocycles. The van der Waals surface area contributed by atoms with Crippen molar-refractivity contribution in [2.45, 2.75) is 13.3 Å². The molecule has 0 atom stereocenters. The van der Waals surface area contributed by atoms with Crippen molar-refractivity contribution >= 4 is 23.2 Å². The molecule has 1 aliphatic rings. The average Bonchev–Trinajstić information content (AvgIpc) is 2.94. The zero-order valence-corrected chi connectivity index (χ0v) is 14.1. The standard InChI is InChI=1S/C17H18FN3O2S/c1-2-19-16(22)12-8-21(9-12)17(23)14-10-24-15(20-14)7-11-4-3-5-13(18)6-11/h3-6,10,12H,2,7-9H2,1H3,(H,19,22). The third-order valence-electron chi connectivity index (χ3n) is 3.91. The third-order valence-corrected chi connectivity index (χ3v) is 4.75. The predicted molar refractivity (Wildman–Crippen MR) is 89.4 cm³/mol. The topological polar surface area (TPSA) is 62.3 Å². The lowest BCUT2D eigenvalue weighted by molar-refractivity contribution is -0.128. The fraction of sp³-hybridized carbons (Fsp3) is 0.353. The largest absolute Gasteiger partial charge is 0.356 e. The number of hydrogen-bond acceptors (Lipinski definition) is 4. The van der Waals surface area contributed by atoms with Crippen molar-refractivity contribution in [2.75, 3.05) is 19.6 Å². The number of carbonyl (C=O) groups excluding carboxylic acids is 2. The number of carbonyl (C=O) groups is 2. The van der Waals surface area contributed by atoms with Gasteiger partial charge in [0.25, 0.3) is 5.91 Å². The SMILES string of the molecule is CCNC(=O)C1CN(C(=O)c2csc(Cc3cccc(F)c3)n2)C1. The highest BCUT2D eigenvalue weighted by Crippen LogP contribution is 2.21. The summed E-state index contributed by atoms with van der Waals surface area (Å²) in [5.41, 5.74) is 1.21. The molecule has 126 valence electrons. The van der Waals surface area contributed by atoms with E-state index in [0.717, 1.165) is 10.6 Å². The zero-order chi connectivity index (χ0) is 17.1. The van der Waals surface area contributed by atoms with Gasteiger partial charge >= 0.3 is 0 Å². The molecule has 0 spiro atoms. The molecule has 1 saturated heterocycles. The van der Waals surface area contributed by atoms with Gasteiger partial charge in [-0.05, 0) is 24.6 Å². The number of nitrogens with one attached hydrogen (secondary N) is 1. The molecule has 7 heteroatoms. The monoisotopic (exact) mass is 347 g/mol. The van der Waals surface area contributed by atoms with Crippen LogP contribution in [0.2, 0.25) is 0 Å². The van der Waals surface area contributed by atoms with Crippen molar-refractivity contribution in [1.82, 2.24) is 15.2 Å². The highest BCUT2D eigenvalue weighted by Gasteiger charge is 2.36. The number of amides is 2. The van der Waals surface area contributed by atoms with E-state index in [1.54, 1.807) is 16.3 Å². The zero-order valence-electron chi connectivity index (χ0n) is 13.3. The van der Waals surface area contributed by atoms with Gasteiger partial charge < -0.3 is 10.2 Å². The lowest BCUT2D eigenvalue weighted by Gasteiger charge is -2.37. The smallest absolute Gasteiger partial charge is 0.273 e. The van der Waals surface area contributed by atoms with Crippen LogP contribution in [0, 0.1) is 11.7 Å². The molecule has 3 rings (SSSR count). The Balaban J connectivity index is 1.58. The number of nitrogens with zero attached hydrogens (tertiary/aromatic N) is 2. The number of rotatable bonds is 5. The minimum absolute atomic E-state index is 0.00776. The van der Waals surface area contributed by atoms with E-state index in [9.17, 15) is 14.0 Å². The number of hydrogen-bond donors (Lipinski definition) is 1. The fourth-order valence-electron chi connectivity index (χ4n) is 2.60. The number of aromatic nitrogens is 1. The molecule has 2 amide bonds. The van der Waals surface area contributed by atoms with Gasteiger partial charge in [0.05, 0.1) is 10.9 Å². The van der Waals surface area contributed by atoms with Gasteiger partial charge in [-0.15, -0.1) is 11.3 Å². The second-order valence-electron chi connectivity index (χ2n) is 5.73. The summed E-state index contributed by atoms with van der Waals surface area (Å²) in [7, 11) is 0. The highest BCUT2D eigenvalue weighted by molar-refractivity contribution is 7.09. The lowest BCUT2D eigenvalue weighted by Crippen LogP contribution is -2.55. The van der Waals surface area contributed by atoms with Gasteiger partial charge in [-0.2, -0.15) is 0 Å². The molecule has 1 aromatic carbocycles. The first-order valence-electron chi connectivity index (χ1n) is 7.82. The molecule has 24 heavy (non-hydrogen) atoms. The second-order valence-corrected chi connectivity index (χ2v) is 6.68. The molecule has 2 aromatic rings. The Kier molecular flexibility index (Phi) is 4.89. The van der Waals surface area contributed by atoms with Crippen LogP contribution in [0.5, 0.6) is 0 Å². The van der Waals surface area contributed by atoms with Crippen LogP contribution in [0.4, 0.5) is 4.39 Å². The van der Waals surface area contributed by atoms with E-state index in [4.69, 9.17) is 0 Å². The molecule has 1 N–H and O–H groups in total. The van der Waals surface area contributed by atoms with Crippen LogP contribution in [0.25, 0.3) is 0 Å². The second kappa shape index (κ2) is 7.09. The van der Waals surface area contributed by atoms with Crippen LogP contribution in [0.15, 0.2) is 29.6 Å². The first kappa shape index (κ1) is 16.6. The maximum atomic E-state index is 13.2. The number of likely N-dealkylation sites (tertiary alicyclic amines) is 1. The highest BCUT2D eigenvalue weighted by atomic mass is 32.1. The molecule has 0 unspecified atom stereocenters. The Hall–Kier alpha value is -2.28. The molecule has 0 saturated carbocycles. The summed E-state index contributed by atoms with van der Waals surface area (Å²) in [6.45, 7) is 3.33. The molecule has 0 bridgehead atoms. The van der Waals surface area contributed by atoms with Crippen molar-refractivity contribution in [3.63, 3.8) is 0 Å². The Morgan fingerprint density at radius 1 is 1.42 bits per heavy atom. The lowest BCUT2D eigenvalue weighted by atomic mass is 9.99. The first-order chi connectivity index (χ1) is 11.6. The average molecular weight is 347 g/mol. The van der Waals surface area contributed by atoms with Crippen LogP contribution in [-0.2, 0) is 11.2 Å². The van der Waals surface area contributed by atoms with E-state index in [2.05, 4.69) is 10.3 Å². The first-order valence-corrected chi connectivity index (χ1v) is 8.70. The van der Waals surface area contributed by atoms with Gasteiger partial charge in [0, 0.05) is 31.4 Å². The quantitative estimate of drug-likeness (QED) is 0.901. The summed E-state index contributed by atoms with van der Waals surface area (Å²) in [4.78, 5) is 30.0. The van der Waals surface area contributed by atoms with Crippen LogP contribution in [0.3, 0.4) is 0 Å². The van der Waals surface area contributed by atoms with Crippen molar-refractivity contribution in [2.24, 2.45) is 5.92 Å². The van der Waals surface area contributed by atoms with Gasteiger partial charge in [-0.25, -0.2) is 9.37 Å². The van der Waals surface area contributed by atoms with Crippen molar-refractivity contribution in [3.8, 4) is 0 Å². The molecule has 5 nitrogen and oxygen atoms in total. The third kappa shape index (κ3) is 3.62. The van der Waals surface area contributed by atoms with Crippen LogP contribution in [-0.4, -0.2) is 41.3 Å². The van der Waals surface area contributed by atoms with Crippen molar-refractivity contribution in [3.05, 3.63) is 51.7 Å². The molecular weight excluding hydrogens is 329 g/mol. The number of benzene rings is 1. The van der Waals surface area contributed by atoms with E-state index in [0.29, 0.717) is 31.7 Å². The van der Waals surface area contributed by atoms with E-state index in [1.165, 1.54) is 23.5 Å². The van der Waals surface area contributed by atoms with E-state index < -0.39 is 0 Å². The summed E-state index contributed by atoms with van der Waals surface area (Å²) in [5.74, 6) is -0.569. The Morgan fingerprint density at radius 3 is 2.92 bits per heavy atom. The van der Waals surface area contributed by atoms with Crippen LogP contribution < -0.4 is 5.32 Å². The molecular formula is C17H18FN3O2S. The number of halogens is 1. The predicted octanol–water partition coefficient (Wildman–Crippen LogP) is 2.08. The fourth-order valence-corrected chi connectivity index (χ4v) is 3.40. The summed E-state index contributed by atoms with van der Waals surface area (Å²) in [5, 5.41) is 5.25. The van der Waals surface area contributed by atoms with Crippen LogP contribution >= 0.6 is 11.3 Å². The van der Waals surface area contributed by atoms with Gasteiger partial charge in [0.2, 0.25) is 5.91 Å². The summed E-state index contributed by atoms with van der Waals surface area (Å²) >= 11 is 1.39. The summed E-state index contributed by atoms with van der Waals surface area (Å²) in [6.07, 6.45) is 0.497. The van der Waals surface area contributed by atoms with Gasteiger partial charge in [-0.3, -0.25) is 9.59 Å². The molecule has 2 heterocycles. The molecule has 1 aromatic heterocycles. The normalized spacial score (nSPS) is 14.3. The minimum atomic E-state index is -0.280. The Morgan fingerprint density at radius 2 is 2.21 bits per heavy atom. The van der Waals surface area contributed by atoms with Crippen LogP contribution in [0.1, 0.15) is 28.0 Å². The molecule has 0 radical (unpaired) electrons. The summed E-state index contributed by atoms with van der Waals surface area (Å²) in [6, 6.07) is 6.36. The molecule has 1 fully saturated rings. The Bertz CT molecular complexity index is 756. The van der Waals surface area contributed by atoms with Gasteiger partial charge in [0.1, 0.15) is 11.5 Å². The maximum absolute atomic E-state index is 13.2. The molecule has 1 aliphatic heterocycles. The van der Waals surface area contributed by atoms with Crippen molar-refractivity contribution in [1.29, 1.82) is 0 Å².